The van der Waals surface area contributed by atoms with Crippen LogP contribution < -0.4 is 0 Å². The van der Waals surface area contributed by atoms with Gasteiger partial charge in [-0.15, -0.1) is 0 Å². The summed E-state index contributed by atoms with van der Waals surface area (Å²) in [5.74, 6) is 0. The first kappa shape index (κ1) is 20.6. The molecule has 0 aliphatic heterocycles. The lowest BCUT2D eigenvalue weighted by molar-refractivity contribution is 0.288. The fourth-order valence-electron chi connectivity index (χ4n) is 3.06. The van der Waals surface area contributed by atoms with Crippen LogP contribution in [0, 0.1) is 19.3 Å². The van der Waals surface area contributed by atoms with E-state index in [0.29, 0.717) is 5.71 Å². The van der Waals surface area contributed by atoms with Crippen molar-refractivity contribution in [2.24, 2.45) is 0 Å². The van der Waals surface area contributed by atoms with Crippen molar-refractivity contribution < 1.29 is 5.11 Å². The van der Waals surface area contributed by atoms with Crippen molar-refractivity contribution in [2.45, 2.75) is 33.6 Å². The van der Waals surface area contributed by atoms with Crippen molar-refractivity contribution in [3.05, 3.63) is 77.4 Å². The van der Waals surface area contributed by atoms with Crippen LogP contribution in [-0.2, 0) is 6.42 Å². The molecular weight excluding hydrogens is 360 g/mol. The molecule has 5 heteroatoms. The largest absolute Gasteiger partial charge is 0.396 e. The number of aliphatic hydroxyl groups excluding tert-OH is 1. The van der Waals surface area contributed by atoms with E-state index in [1.807, 2.05) is 44.2 Å². The molecule has 0 atom stereocenters. The number of aryl methyl sites for hydroxylation is 3. The van der Waals surface area contributed by atoms with Crippen molar-refractivity contribution in [2.75, 3.05) is 6.61 Å². The van der Waals surface area contributed by atoms with Crippen LogP contribution in [0.25, 0.3) is 21.8 Å². The summed E-state index contributed by atoms with van der Waals surface area (Å²) in [7, 11) is 0. The number of pyridine rings is 3. The van der Waals surface area contributed by atoms with Crippen molar-refractivity contribution in [1.29, 1.82) is 5.41 Å². The molecule has 1 aromatic carbocycles. The van der Waals surface area contributed by atoms with E-state index in [-0.39, 0.29) is 6.61 Å². The predicted octanol–water partition coefficient (Wildman–Crippen LogP) is 4.79. The highest BCUT2D eigenvalue weighted by Gasteiger charge is 2.05. The Morgan fingerprint density at radius 1 is 0.828 bits per heavy atom. The van der Waals surface area contributed by atoms with Gasteiger partial charge >= 0.3 is 0 Å². The number of hydrogen-bond acceptors (Lipinski definition) is 5. The normalized spacial score (nSPS) is 10.6. The summed E-state index contributed by atoms with van der Waals surface area (Å²) in [6.45, 7) is 5.86. The van der Waals surface area contributed by atoms with Crippen molar-refractivity contribution in [3.63, 3.8) is 0 Å². The zero-order valence-electron chi connectivity index (χ0n) is 17.1. The molecule has 0 aliphatic rings. The molecule has 5 nitrogen and oxygen atoms in total. The molecule has 3 aromatic heterocycles. The van der Waals surface area contributed by atoms with Crippen LogP contribution in [-0.4, -0.2) is 32.4 Å². The summed E-state index contributed by atoms with van der Waals surface area (Å²) in [6, 6.07) is 18.1. The van der Waals surface area contributed by atoms with Crippen LogP contribution in [0.1, 0.15) is 36.1 Å². The molecule has 0 fully saturated rings. The topological polar surface area (TPSA) is 82.8 Å². The summed E-state index contributed by atoms with van der Waals surface area (Å²) in [5, 5.41) is 18.4. The number of benzene rings is 1. The minimum Gasteiger partial charge on any atom is -0.396 e. The van der Waals surface area contributed by atoms with Gasteiger partial charge in [0.1, 0.15) is 0 Å². The fourth-order valence-corrected chi connectivity index (χ4v) is 3.06. The second kappa shape index (κ2) is 9.34. The standard InChI is InChI=1S/C16H16N2O.C8H10N2/c1-11-4-5-12-6-7-13-8-9-14(3-2-10-19)18-16(13)15(12)17-11;1-6-4-3-5-8(10-6)7(2)9/h4-9,19H,2-3,10H2,1H3;3-5,9H,1-2H3. The maximum absolute atomic E-state index is 8.91. The quantitative estimate of drug-likeness (QED) is 0.390. The number of aliphatic hydroxyl groups is 1. The second-order valence-electron chi connectivity index (χ2n) is 7.08. The highest BCUT2D eigenvalue weighted by atomic mass is 16.2. The van der Waals surface area contributed by atoms with Crippen molar-refractivity contribution in [3.8, 4) is 0 Å². The molecule has 4 aromatic rings. The molecule has 0 saturated carbocycles. The van der Waals surface area contributed by atoms with Gasteiger partial charge in [0, 0.05) is 34.5 Å². The summed E-state index contributed by atoms with van der Waals surface area (Å²) in [6.07, 6.45) is 1.55. The van der Waals surface area contributed by atoms with Crippen LogP contribution in [0.2, 0.25) is 0 Å². The van der Waals surface area contributed by atoms with Gasteiger partial charge in [-0.2, -0.15) is 0 Å². The average molecular weight is 386 g/mol. The maximum Gasteiger partial charge on any atom is 0.0967 e. The lowest BCUT2D eigenvalue weighted by Gasteiger charge is -2.06. The molecule has 0 unspecified atom stereocenters. The minimum atomic E-state index is 0.201. The van der Waals surface area contributed by atoms with Gasteiger partial charge in [-0.05, 0) is 57.9 Å². The molecule has 0 radical (unpaired) electrons. The van der Waals surface area contributed by atoms with Gasteiger partial charge in [0.15, 0.2) is 0 Å². The zero-order chi connectivity index (χ0) is 20.8. The van der Waals surface area contributed by atoms with Crippen LogP contribution in [0.3, 0.4) is 0 Å². The number of nitrogens with one attached hydrogen (secondary N) is 1. The first-order valence-corrected chi connectivity index (χ1v) is 9.74. The molecule has 0 saturated heterocycles. The van der Waals surface area contributed by atoms with Crippen LogP contribution in [0.15, 0.2) is 54.6 Å². The highest BCUT2D eigenvalue weighted by molar-refractivity contribution is 6.02. The second-order valence-corrected chi connectivity index (χ2v) is 7.08. The van der Waals surface area contributed by atoms with E-state index in [1.54, 1.807) is 6.92 Å². The minimum absolute atomic E-state index is 0.201. The van der Waals surface area contributed by atoms with Gasteiger partial charge in [0.2, 0.25) is 0 Å². The molecule has 148 valence electrons. The van der Waals surface area contributed by atoms with E-state index in [4.69, 9.17) is 15.5 Å². The lowest BCUT2D eigenvalue weighted by atomic mass is 10.1. The Hall–Kier alpha value is -3.18. The maximum atomic E-state index is 8.91. The SMILES string of the molecule is CC(=N)c1cccc(C)n1.Cc1ccc2ccc3ccc(CCCO)nc3c2n1. The third kappa shape index (κ3) is 5.21. The van der Waals surface area contributed by atoms with E-state index >= 15 is 0 Å². The molecule has 2 N–H and O–H groups in total. The lowest BCUT2D eigenvalue weighted by Crippen LogP contribution is -1.96. The molecule has 0 bridgehead atoms. The van der Waals surface area contributed by atoms with Gasteiger partial charge in [-0.1, -0.05) is 30.3 Å². The van der Waals surface area contributed by atoms with E-state index in [0.717, 1.165) is 57.4 Å². The first-order valence-electron chi connectivity index (χ1n) is 9.74. The summed E-state index contributed by atoms with van der Waals surface area (Å²) in [5.41, 5.74) is 6.17. The van der Waals surface area contributed by atoms with Crippen molar-refractivity contribution in [1.82, 2.24) is 15.0 Å². The molecule has 0 spiro atoms. The van der Waals surface area contributed by atoms with Gasteiger partial charge in [0.25, 0.3) is 0 Å². The van der Waals surface area contributed by atoms with Gasteiger partial charge < -0.3 is 10.5 Å². The van der Waals surface area contributed by atoms with Gasteiger partial charge in [-0.3, -0.25) is 15.0 Å². The van der Waals surface area contributed by atoms with Gasteiger partial charge in [-0.25, -0.2) is 0 Å². The predicted molar refractivity (Wildman–Crippen MR) is 119 cm³/mol. The number of nitrogens with zero attached hydrogens (tertiary/aromatic N) is 3. The molecule has 29 heavy (non-hydrogen) atoms. The Labute approximate surface area is 171 Å². The smallest absolute Gasteiger partial charge is 0.0967 e. The number of aromatic nitrogens is 3. The first-order chi connectivity index (χ1) is 14.0. The Morgan fingerprint density at radius 2 is 1.45 bits per heavy atom. The summed E-state index contributed by atoms with van der Waals surface area (Å²) < 4.78 is 0. The number of hydrogen-bond donors (Lipinski definition) is 2. The van der Waals surface area contributed by atoms with Gasteiger partial charge in [0.05, 0.1) is 22.4 Å². The summed E-state index contributed by atoms with van der Waals surface area (Å²) in [4.78, 5) is 13.5. The molecule has 0 aliphatic carbocycles. The van der Waals surface area contributed by atoms with E-state index < -0.39 is 0 Å². The monoisotopic (exact) mass is 386 g/mol. The van der Waals surface area contributed by atoms with E-state index in [9.17, 15) is 0 Å². The van der Waals surface area contributed by atoms with Crippen LogP contribution in [0.5, 0.6) is 0 Å². The van der Waals surface area contributed by atoms with Crippen LogP contribution >= 0.6 is 0 Å². The van der Waals surface area contributed by atoms with E-state index in [2.05, 4.69) is 34.2 Å². The molecule has 4 rings (SSSR count). The Kier molecular flexibility index (Phi) is 6.62. The third-order valence-electron chi connectivity index (χ3n) is 4.58. The molecular formula is C24H26N4O. The Morgan fingerprint density at radius 3 is 2.07 bits per heavy atom. The third-order valence-corrected chi connectivity index (χ3v) is 4.58. The molecule has 0 amide bonds. The number of fused-ring (bicyclic) bond motifs is 3. The Balaban J connectivity index is 0.000000204. The summed E-state index contributed by atoms with van der Waals surface area (Å²) >= 11 is 0. The average Bonchev–Trinajstić information content (AvgIpc) is 2.72. The molecule has 3 heterocycles. The Bertz CT molecular complexity index is 1150. The van der Waals surface area contributed by atoms with E-state index in [1.165, 1.54) is 0 Å². The number of rotatable bonds is 4. The van der Waals surface area contributed by atoms with Crippen molar-refractivity contribution >= 4 is 27.5 Å². The zero-order valence-corrected chi connectivity index (χ0v) is 17.1. The van der Waals surface area contributed by atoms with Crippen LogP contribution in [0.4, 0.5) is 0 Å². The fraction of sp³-hybridized carbons (Fsp3) is 0.250. The highest BCUT2D eigenvalue weighted by Crippen LogP contribution is 2.23.